The third-order valence-electron chi connectivity index (χ3n) is 2.19. The molecule has 3 heteroatoms. The molecule has 0 fully saturated rings. The number of nitrogens with zero attached hydrogens (tertiary/aromatic N) is 1. The summed E-state index contributed by atoms with van der Waals surface area (Å²) in [7, 11) is 2.10. The van der Waals surface area contributed by atoms with Crippen LogP contribution in [0.5, 0.6) is 0 Å². The Morgan fingerprint density at radius 2 is 1.81 bits per heavy atom. The number of likely N-dealkylation sites (N-methyl/N-ethyl adjacent to an activating group) is 1. The van der Waals surface area contributed by atoms with Gasteiger partial charge in [0.05, 0.1) is 6.61 Å². The fourth-order valence-corrected chi connectivity index (χ4v) is 1.21. The zero-order chi connectivity index (χ0) is 12.1. The van der Waals surface area contributed by atoms with Gasteiger partial charge in [0.1, 0.15) is 0 Å². The highest BCUT2D eigenvalue weighted by atomic mass is 16.5. The van der Waals surface area contributed by atoms with Crippen LogP contribution >= 0.6 is 0 Å². The van der Waals surface area contributed by atoms with Crippen molar-refractivity contribution in [3.8, 4) is 11.8 Å². The van der Waals surface area contributed by atoms with E-state index in [0.717, 1.165) is 52.4 Å². The van der Waals surface area contributed by atoms with Crippen LogP contribution in [0.3, 0.4) is 0 Å². The van der Waals surface area contributed by atoms with Gasteiger partial charge in [-0.25, -0.2) is 0 Å². The highest BCUT2D eigenvalue weighted by Gasteiger charge is 1.96. The second-order valence-electron chi connectivity index (χ2n) is 3.64. The van der Waals surface area contributed by atoms with Crippen LogP contribution < -0.4 is 0 Å². The van der Waals surface area contributed by atoms with E-state index in [1.54, 1.807) is 0 Å². The van der Waals surface area contributed by atoms with Gasteiger partial charge in [0.2, 0.25) is 0 Å². The second-order valence-corrected chi connectivity index (χ2v) is 3.64. The minimum Gasteiger partial charge on any atom is -0.382 e. The van der Waals surface area contributed by atoms with Crippen molar-refractivity contribution in [2.75, 3.05) is 46.6 Å². The zero-order valence-electron chi connectivity index (χ0n) is 10.9. The SMILES string of the molecule is CC#CCCN(C)CCOCCCOCC. The Balaban J connectivity index is 3.13. The molecule has 0 amide bonds. The quantitative estimate of drug-likeness (QED) is 0.419. The summed E-state index contributed by atoms with van der Waals surface area (Å²) in [5.41, 5.74) is 0. The van der Waals surface area contributed by atoms with Crippen LogP contribution in [0.1, 0.15) is 26.7 Å². The van der Waals surface area contributed by atoms with Crippen LogP contribution in [-0.2, 0) is 9.47 Å². The highest BCUT2D eigenvalue weighted by Crippen LogP contribution is 1.89. The van der Waals surface area contributed by atoms with Crippen LogP contribution in [0.4, 0.5) is 0 Å². The molecular formula is C13H25NO2. The van der Waals surface area contributed by atoms with Gasteiger partial charge < -0.3 is 14.4 Å². The van der Waals surface area contributed by atoms with Gasteiger partial charge in [0.25, 0.3) is 0 Å². The summed E-state index contributed by atoms with van der Waals surface area (Å²) in [5.74, 6) is 5.95. The molecule has 0 aliphatic carbocycles. The maximum atomic E-state index is 5.50. The molecule has 0 radical (unpaired) electrons. The molecule has 0 spiro atoms. The Labute approximate surface area is 100 Å². The Morgan fingerprint density at radius 3 is 2.50 bits per heavy atom. The minimum absolute atomic E-state index is 0.793. The lowest BCUT2D eigenvalue weighted by Gasteiger charge is -2.14. The number of hydrogen-bond acceptors (Lipinski definition) is 3. The van der Waals surface area contributed by atoms with E-state index in [1.165, 1.54) is 0 Å². The van der Waals surface area contributed by atoms with Crippen molar-refractivity contribution in [1.82, 2.24) is 4.90 Å². The first-order chi connectivity index (χ1) is 7.81. The molecule has 0 aromatic heterocycles. The van der Waals surface area contributed by atoms with E-state index in [4.69, 9.17) is 9.47 Å². The van der Waals surface area contributed by atoms with Crippen molar-refractivity contribution < 1.29 is 9.47 Å². The summed E-state index contributed by atoms with van der Waals surface area (Å²) in [6.45, 7) is 9.06. The lowest BCUT2D eigenvalue weighted by atomic mass is 10.4. The maximum Gasteiger partial charge on any atom is 0.0593 e. The Hall–Kier alpha value is -0.560. The third-order valence-corrected chi connectivity index (χ3v) is 2.19. The molecule has 0 bridgehead atoms. The second kappa shape index (κ2) is 12.5. The van der Waals surface area contributed by atoms with Crippen LogP contribution in [0.2, 0.25) is 0 Å². The van der Waals surface area contributed by atoms with Crippen molar-refractivity contribution in [2.24, 2.45) is 0 Å². The summed E-state index contributed by atoms with van der Waals surface area (Å²) in [5, 5.41) is 0. The molecule has 0 rings (SSSR count). The number of ether oxygens (including phenoxy) is 2. The summed E-state index contributed by atoms with van der Waals surface area (Å²) in [6.07, 6.45) is 1.93. The monoisotopic (exact) mass is 227 g/mol. The molecule has 94 valence electrons. The predicted molar refractivity (Wildman–Crippen MR) is 67.5 cm³/mol. The maximum absolute atomic E-state index is 5.50. The van der Waals surface area contributed by atoms with E-state index in [1.807, 2.05) is 13.8 Å². The molecule has 0 saturated carbocycles. The molecule has 0 aromatic rings. The van der Waals surface area contributed by atoms with Gasteiger partial charge in [-0.15, -0.1) is 11.8 Å². The van der Waals surface area contributed by atoms with Gasteiger partial charge in [-0.2, -0.15) is 0 Å². The van der Waals surface area contributed by atoms with Gasteiger partial charge in [-0.1, -0.05) is 0 Å². The molecule has 16 heavy (non-hydrogen) atoms. The van der Waals surface area contributed by atoms with E-state index in [-0.39, 0.29) is 0 Å². The lowest BCUT2D eigenvalue weighted by Crippen LogP contribution is -2.24. The molecular weight excluding hydrogens is 202 g/mol. The first-order valence-electron chi connectivity index (χ1n) is 6.05. The Bertz CT molecular complexity index is 196. The van der Waals surface area contributed by atoms with Crippen molar-refractivity contribution in [2.45, 2.75) is 26.7 Å². The van der Waals surface area contributed by atoms with Crippen molar-refractivity contribution >= 4 is 0 Å². The Morgan fingerprint density at radius 1 is 1.06 bits per heavy atom. The Kier molecular flexibility index (Phi) is 12.1. The van der Waals surface area contributed by atoms with E-state index >= 15 is 0 Å². The molecule has 0 aliphatic rings. The molecule has 0 aliphatic heterocycles. The minimum atomic E-state index is 0.793. The summed E-state index contributed by atoms with van der Waals surface area (Å²) in [6, 6.07) is 0. The van der Waals surface area contributed by atoms with Crippen LogP contribution in [0.25, 0.3) is 0 Å². The molecule has 0 aromatic carbocycles. The predicted octanol–water partition coefficient (Wildman–Crippen LogP) is 1.77. The molecule has 0 heterocycles. The molecule has 0 atom stereocenters. The third kappa shape index (κ3) is 11.5. The lowest BCUT2D eigenvalue weighted by molar-refractivity contribution is 0.0782. The van der Waals surface area contributed by atoms with Crippen LogP contribution in [0, 0.1) is 11.8 Å². The normalized spacial score (nSPS) is 10.2. The highest BCUT2D eigenvalue weighted by molar-refractivity contribution is 4.95. The number of hydrogen-bond donors (Lipinski definition) is 0. The molecule has 0 N–H and O–H groups in total. The van der Waals surface area contributed by atoms with Crippen LogP contribution in [0.15, 0.2) is 0 Å². The fourth-order valence-electron chi connectivity index (χ4n) is 1.21. The van der Waals surface area contributed by atoms with Gasteiger partial charge in [-0.05, 0) is 27.3 Å². The van der Waals surface area contributed by atoms with E-state index in [0.29, 0.717) is 0 Å². The molecule has 0 unspecified atom stereocenters. The van der Waals surface area contributed by atoms with Crippen molar-refractivity contribution in [3.63, 3.8) is 0 Å². The van der Waals surface area contributed by atoms with E-state index in [9.17, 15) is 0 Å². The average molecular weight is 227 g/mol. The van der Waals surface area contributed by atoms with Gasteiger partial charge >= 0.3 is 0 Å². The van der Waals surface area contributed by atoms with Crippen LogP contribution in [-0.4, -0.2) is 51.5 Å². The smallest absolute Gasteiger partial charge is 0.0593 e. The van der Waals surface area contributed by atoms with Crippen molar-refractivity contribution in [3.05, 3.63) is 0 Å². The summed E-state index contributed by atoms with van der Waals surface area (Å²) >= 11 is 0. The topological polar surface area (TPSA) is 21.7 Å². The standard InChI is InChI=1S/C13H25NO2/c1-4-6-7-9-14(3)10-13-16-12-8-11-15-5-2/h5,7-13H2,1-3H3. The summed E-state index contributed by atoms with van der Waals surface area (Å²) in [4.78, 5) is 2.24. The summed E-state index contributed by atoms with van der Waals surface area (Å²) < 4.78 is 10.7. The van der Waals surface area contributed by atoms with E-state index in [2.05, 4.69) is 23.8 Å². The molecule has 3 nitrogen and oxygen atoms in total. The van der Waals surface area contributed by atoms with Crippen molar-refractivity contribution in [1.29, 1.82) is 0 Å². The first-order valence-corrected chi connectivity index (χ1v) is 6.05. The number of rotatable bonds is 10. The van der Waals surface area contributed by atoms with Gasteiger partial charge in [0, 0.05) is 39.3 Å². The molecule has 0 saturated heterocycles. The van der Waals surface area contributed by atoms with E-state index < -0.39 is 0 Å². The average Bonchev–Trinajstić information content (AvgIpc) is 2.28. The zero-order valence-corrected chi connectivity index (χ0v) is 10.9. The van der Waals surface area contributed by atoms with Gasteiger partial charge in [0.15, 0.2) is 0 Å². The first kappa shape index (κ1) is 15.4. The fraction of sp³-hybridized carbons (Fsp3) is 0.846. The largest absolute Gasteiger partial charge is 0.382 e. The van der Waals surface area contributed by atoms with Gasteiger partial charge in [-0.3, -0.25) is 0 Å².